The van der Waals surface area contributed by atoms with Crippen LogP contribution >= 0.6 is 0 Å². The summed E-state index contributed by atoms with van der Waals surface area (Å²) in [5, 5.41) is 3.33. The minimum Gasteiger partial charge on any atom is -0.367 e. The van der Waals surface area contributed by atoms with Crippen molar-refractivity contribution in [3.63, 3.8) is 0 Å². The van der Waals surface area contributed by atoms with Gasteiger partial charge in [-0.25, -0.2) is 4.98 Å². The van der Waals surface area contributed by atoms with E-state index in [1.807, 2.05) is 6.07 Å². The molecule has 1 aliphatic carbocycles. The Morgan fingerprint density at radius 1 is 1.40 bits per heavy atom. The number of hydrogen-bond donors (Lipinski definition) is 1. The molecular weight excluding hydrogens is 191 g/mol. The third-order valence-corrected chi connectivity index (χ3v) is 2.88. The maximum atomic E-state index is 12.9. The number of anilines is 1. The largest absolute Gasteiger partial charge is 0.367 e. The summed E-state index contributed by atoms with van der Waals surface area (Å²) >= 11 is 0. The first-order chi connectivity index (χ1) is 7.16. The van der Waals surface area contributed by atoms with Crippen LogP contribution < -0.4 is 5.32 Å². The van der Waals surface area contributed by atoms with Crippen molar-refractivity contribution >= 4 is 5.82 Å². The van der Waals surface area contributed by atoms with Gasteiger partial charge in [-0.2, -0.15) is 4.39 Å². The predicted octanol–water partition coefficient (Wildman–Crippen LogP) is 3.07. The topological polar surface area (TPSA) is 24.9 Å². The lowest BCUT2D eigenvalue weighted by atomic mass is 10.00. The molecule has 1 aliphatic rings. The van der Waals surface area contributed by atoms with Crippen LogP contribution in [0.2, 0.25) is 0 Å². The van der Waals surface area contributed by atoms with E-state index in [9.17, 15) is 4.39 Å². The molecule has 2 nitrogen and oxygen atoms in total. The predicted molar refractivity (Wildman–Crippen MR) is 59.2 cm³/mol. The molecule has 1 atom stereocenters. The monoisotopic (exact) mass is 208 g/mol. The van der Waals surface area contributed by atoms with Crippen molar-refractivity contribution in [2.75, 3.05) is 5.32 Å². The Labute approximate surface area is 89.9 Å². The van der Waals surface area contributed by atoms with E-state index in [2.05, 4.69) is 24.1 Å². The van der Waals surface area contributed by atoms with Crippen LogP contribution in [0.25, 0.3) is 0 Å². The summed E-state index contributed by atoms with van der Waals surface area (Å²) < 4.78 is 12.9. The molecule has 1 unspecified atom stereocenters. The van der Waals surface area contributed by atoms with Crippen LogP contribution in [-0.4, -0.2) is 11.0 Å². The average Bonchev–Trinajstić information content (AvgIpc) is 2.97. The van der Waals surface area contributed by atoms with Gasteiger partial charge in [0.2, 0.25) is 5.95 Å². The van der Waals surface area contributed by atoms with Gasteiger partial charge in [0.1, 0.15) is 5.82 Å². The molecule has 15 heavy (non-hydrogen) atoms. The summed E-state index contributed by atoms with van der Waals surface area (Å²) in [4.78, 5) is 3.83. The van der Waals surface area contributed by atoms with E-state index in [4.69, 9.17) is 0 Å². The Morgan fingerprint density at radius 3 is 2.67 bits per heavy atom. The number of nitrogens with one attached hydrogen (secondary N) is 1. The Kier molecular flexibility index (Phi) is 2.89. The molecule has 0 saturated heterocycles. The van der Waals surface area contributed by atoms with E-state index in [1.165, 1.54) is 18.9 Å². The standard InChI is InChI=1S/C12H17FN2/c1-8(2)12(9-6-7-9)15-11-5-3-4-10(13)14-11/h3-5,8-9,12H,6-7H2,1-2H3,(H,14,15). The molecule has 1 fully saturated rings. The molecule has 0 bridgehead atoms. The number of rotatable bonds is 4. The van der Waals surface area contributed by atoms with Gasteiger partial charge in [-0.05, 0) is 36.8 Å². The summed E-state index contributed by atoms with van der Waals surface area (Å²) in [7, 11) is 0. The second-order valence-electron chi connectivity index (χ2n) is 4.60. The third kappa shape index (κ3) is 2.67. The molecule has 0 spiro atoms. The number of pyridine rings is 1. The SMILES string of the molecule is CC(C)C(Nc1cccc(F)n1)C1CC1. The van der Waals surface area contributed by atoms with Crippen LogP contribution in [0.4, 0.5) is 10.2 Å². The minimum atomic E-state index is -0.418. The maximum absolute atomic E-state index is 12.9. The molecule has 1 heterocycles. The Bertz CT molecular complexity index is 332. The molecule has 1 aromatic rings. The fraction of sp³-hybridized carbons (Fsp3) is 0.583. The van der Waals surface area contributed by atoms with E-state index in [0.29, 0.717) is 17.8 Å². The van der Waals surface area contributed by atoms with Crippen molar-refractivity contribution in [2.24, 2.45) is 11.8 Å². The first-order valence-corrected chi connectivity index (χ1v) is 5.56. The lowest BCUT2D eigenvalue weighted by Gasteiger charge is -2.22. The number of aromatic nitrogens is 1. The van der Waals surface area contributed by atoms with Crippen molar-refractivity contribution in [1.29, 1.82) is 0 Å². The fourth-order valence-electron chi connectivity index (χ4n) is 1.94. The molecule has 3 heteroatoms. The molecule has 1 aromatic heterocycles. The Morgan fingerprint density at radius 2 is 2.13 bits per heavy atom. The highest BCUT2D eigenvalue weighted by Gasteiger charge is 2.33. The zero-order chi connectivity index (χ0) is 10.8. The molecule has 0 radical (unpaired) electrons. The van der Waals surface area contributed by atoms with E-state index in [-0.39, 0.29) is 0 Å². The molecular formula is C12H17FN2. The molecule has 0 aromatic carbocycles. The molecule has 2 rings (SSSR count). The Balaban J connectivity index is 2.05. The molecule has 1 saturated carbocycles. The van der Waals surface area contributed by atoms with E-state index in [0.717, 1.165) is 5.92 Å². The van der Waals surface area contributed by atoms with Crippen molar-refractivity contribution in [1.82, 2.24) is 4.98 Å². The second-order valence-corrected chi connectivity index (χ2v) is 4.60. The molecule has 82 valence electrons. The van der Waals surface area contributed by atoms with Crippen LogP contribution in [0.5, 0.6) is 0 Å². The van der Waals surface area contributed by atoms with Crippen molar-refractivity contribution in [2.45, 2.75) is 32.7 Å². The lowest BCUT2D eigenvalue weighted by molar-refractivity contribution is 0.474. The van der Waals surface area contributed by atoms with Gasteiger partial charge in [-0.15, -0.1) is 0 Å². The zero-order valence-corrected chi connectivity index (χ0v) is 9.20. The number of nitrogens with zero attached hydrogens (tertiary/aromatic N) is 1. The molecule has 0 amide bonds. The summed E-state index contributed by atoms with van der Waals surface area (Å²) in [6.07, 6.45) is 2.57. The Hall–Kier alpha value is -1.12. The first-order valence-electron chi connectivity index (χ1n) is 5.56. The van der Waals surface area contributed by atoms with E-state index < -0.39 is 5.95 Å². The van der Waals surface area contributed by atoms with Crippen LogP contribution in [-0.2, 0) is 0 Å². The van der Waals surface area contributed by atoms with Gasteiger partial charge in [-0.3, -0.25) is 0 Å². The van der Waals surface area contributed by atoms with E-state index in [1.54, 1.807) is 6.07 Å². The van der Waals surface area contributed by atoms with Gasteiger partial charge < -0.3 is 5.32 Å². The van der Waals surface area contributed by atoms with Crippen molar-refractivity contribution < 1.29 is 4.39 Å². The van der Waals surface area contributed by atoms with Crippen LogP contribution in [0, 0.1) is 17.8 Å². The number of halogens is 1. The van der Waals surface area contributed by atoms with Crippen molar-refractivity contribution in [3.05, 3.63) is 24.1 Å². The normalized spacial score (nSPS) is 17.9. The number of hydrogen-bond acceptors (Lipinski definition) is 2. The van der Waals surface area contributed by atoms with E-state index >= 15 is 0 Å². The fourth-order valence-corrected chi connectivity index (χ4v) is 1.94. The summed E-state index contributed by atoms with van der Waals surface area (Å²) in [5.74, 6) is 1.54. The molecule has 0 aliphatic heterocycles. The second kappa shape index (κ2) is 4.17. The summed E-state index contributed by atoms with van der Waals surface area (Å²) in [5.41, 5.74) is 0. The van der Waals surface area contributed by atoms with Gasteiger partial charge >= 0.3 is 0 Å². The zero-order valence-electron chi connectivity index (χ0n) is 9.20. The first kappa shape index (κ1) is 10.4. The van der Waals surface area contributed by atoms with Crippen LogP contribution in [0.3, 0.4) is 0 Å². The quantitative estimate of drug-likeness (QED) is 0.769. The smallest absolute Gasteiger partial charge is 0.214 e. The highest BCUT2D eigenvalue weighted by molar-refractivity contribution is 5.35. The highest BCUT2D eigenvalue weighted by atomic mass is 19.1. The summed E-state index contributed by atoms with van der Waals surface area (Å²) in [6, 6.07) is 5.31. The van der Waals surface area contributed by atoms with Gasteiger partial charge in [0.15, 0.2) is 0 Å². The third-order valence-electron chi connectivity index (χ3n) is 2.88. The van der Waals surface area contributed by atoms with Crippen LogP contribution in [0.15, 0.2) is 18.2 Å². The van der Waals surface area contributed by atoms with Gasteiger partial charge in [-0.1, -0.05) is 19.9 Å². The molecule has 1 N–H and O–H groups in total. The van der Waals surface area contributed by atoms with Gasteiger partial charge in [0, 0.05) is 6.04 Å². The lowest BCUT2D eigenvalue weighted by Crippen LogP contribution is -2.28. The highest BCUT2D eigenvalue weighted by Crippen LogP contribution is 2.37. The van der Waals surface area contributed by atoms with Gasteiger partial charge in [0.05, 0.1) is 0 Å². The maximum Gasteiger partial charge on any atom is 0.214 e. The summed E-state index contributed by atoms with van der Waals surface area (Å²) in [6.45, 7) is 4.38. The van der Waals surface area contributed by atoms with Gasteiger partial charge in [0.25, 0.3) is 0 Å². The average molecular weight is 208 g/mol. The van der Waals surface area contributed by atoms with Crippen LogP contribution in [0.1, 0.15) is 26.7 Å². The minimum absolute atomic E-state index is 0.418. The van der Waals surface area contributed by atoms with Crippen molar-refractivity contribution in [3.8, 4) is 0 Å².